The number of rotatable bonds is 1. The lowest BCUT2D eigenvalue weighted by atomic mass is 10.1. The van der Waals surface area contributed by atoms with Crippen LogP contribution in [0.2, 0.25) is 0 Å². The van der Waals surface area contributed by atoms with Gasteiger partial charge in [-0.25, -0.2) is 0 Å². The molecule has 1 heterocycles. The lowest BCUT2D eigenvalue weighted by molar-refractivity contribution is -0.139. The van der Waals surface area contributed by atoms with Crippen LogP contribution in [0.4, 0.5) is 13.2 Å². The van der Waals surface area contributed by atoms with E-state index in [1.807, 2.05) is 0 Å². The van der Waals surface area contributed by atoms with Crippen LogP contribution in [0.5, 0.6) is 11.5 Å². The van der Waals surface area contributed by atoms with Gasteiger partial charge in [0.1, 0.15) is 5.56 Å². The highest BCUT2D eigenvalue weighted by atomic mass is 19.4. The number of fused-ring (bicyclic) bond motifs is 1. The number of benzene rings is 1. The second-order valence-electron chi connectivity index (χ2n) is 3.92. The zero-order valence-electron chi connectivity index (χ0n) is 9.63. The van der Waals surface area contributed by atoms with Crippen LogP contribution < -0.4 is 9.47 Å². The molecule has 1 aromatic rings. The topological polar surface area (TPSA) is 35.5 Å². The Hall–Kier alpha value is -1.72. The van der Waals surface area contributed by atoms with Crippen LogP contribution >= 0.6 is 0 Å². The second-order valence-corrected chi connectivity index (χ2v) is 3.92. The Morgan fingerprint density at radius 3 is 2.33 bits per heavy atom. The van der Waals surface area contributed by atoms with Gasteiger partial charge in [-0.2, -0.15) is 13.2 Å². The summed E-state index contributed by atoms with van der Waals surface area (Å²) in [4.78, 5) is 11.4. The number of carbonyl (C=O) groups is 1. The maximum Gasteiger partial charge on any atom is 0.420 e. The first-order valence-electron chi connectivity index (χ1n) is 5.42. The molecule has 0 saturated carbocycles. The first-order valence-corrected chi connectivity index (χ1v) is 5.42. The third-order valence-electron chi connectivity index (χ3n) is 2.58. The molecule has 1 aliphatic rings. The molecule has 0 atom stereocenters. The predicted octanol–water partition coefficient (Wildman–Crippen LogP) is 3.07. The summed E-state index contributed by atoms with van der Waals surface area (Å²) < 4.78 is 48.8. The summed E-state index contributed by atoms with van der Waals surface area (Å²) in [6, 6.07) is 1.98. The van der Waals surface area contributed by atoms with Gasteiger partial charge in [-0.05, 0) is 19.1 Å². The Kier molecular flexibility index (Phi) is 3.19. The van der Waals surface area contributed by atoms with E-state index in [4.69, 9.17) is 9.47 Å². The van der Waals surface area contributed by atoms with Gasteiger partial charge in [0, 0.05) is 6.42 Å². The molecule has 6 heteroatoms. The molecule has 0 fully saturated rings. The summed E-state index contributed by atoms with van der Waals surface area (Å²) in [6.07, 6.45) is -4.06. The third-order valence-corrected chi connectivity index (χ3v) is 2.58. The van der Waals surface area contributed by atoms with Gasteiger partial charge in [0.05, 0.1) is 18.8 Å². The molecule has 0 aromatic heterocycles. The molecule has 2 rings (SSSR count). The van der Waals surface area contributed by atoms with Crippen LogP contribution in [0.25, 0.3) is 0 Å². The van der Waals surface area contributed by atoms with E-state index in [0.717, 1.165) is 12.1 Å². The van der Waals surface area contributed by atoms with Gasteiger partial charge in [-0.15, -0.1) is 0 Å². The normalized spacial score (nSPS) is 15.1. The number of halogens is 3. The molecule has 0 unspecified atom stereocenters. The Morgan fingerprint density at radius 2 is 1.78 bits per heavy atom. The first kappa shape index (κ1) is 12.7. The predicted molar refractivity (Wildman–Crippen MR) is 57.1 cm³/mol. The van der Waals surface area contributed by atoms with Gasteiger partial charge in [-0.1, -0.05) is 0 Å². The molecule has 1 aromatic carbocycles. The van der Waals surface area contributed by atoms with Crippen LogP contribution in [0.3, 0.4) is 0 Å². The van der Waals surface area contributed by atoms with Crippen LogP contribution in [0.1, 0.15) is 29.3 Å². The highest BCUT2D eigenvalue weighted by molar-refractivity contribution is 5.98. The van der Waals surface area contributed by atoms with Crippen molar-refractivity contribution >= 4 is 5.78 Å². The zero-order chi connectivity index (χ0) is 13.3. The molecule has 0 N–H and O–H groups in total. The van der Waals surface area contributed by atoms with Gasteiger partial charge >= 0.3 is 6.18 Å². The van der Waals surface area contributed by atoms with Crippen molar-refractivity contribution in [3.05, 3.63) is 23.3 Å². The molecule has 3 nitrogen and oxygen atoms in total. The van der Waals surface area contributed by atoms with E-state index in [0.29, 0.717) is 6.42 Å². The van der Waals surface area contributed by atoms with E-state index < -0.39 is 11.7 Å². The molecule has 98 valence electrons. The average Bonchev–Trinajstić information content (AvgIpc) is 2.50. The fourth-order valence-electron chi connectivity index (χ4n) is 1.76. The maximum atomic E-state index is 12.8. The maximum absolute atomic E-state index is 12.8. The standard InChI is InChI=1S/C12H11F3O3/c1-7(16)8-3-4-9(12(13,14)15)11-10(8)17-5-2-6-18-11/h3-4H,2,5-6H2,1H3. The summed E-state index contributed by atoms with van der Waals surface area (Å²) in [6.45, 7) is 1.64. The quantitative estimate of drug-likeness (QED) is 0.728. The largest absolute Gasteiger partial charge is 0.489 e. The van der Waals surface area contributed by atoms with E-state index in [2.05, 4.69) is 0 Å². The molecule has 0 radical (unpaired) electrons. The Morgan fingerprint density at radius 1 is 1.17 bits per heavy atom. The minimum absolute atomic E-state index is 0.102. The lowest BCUT2D eigenvalue weighted by Gasteiger charge is -2.16. The van der Waals surface area contributed by atoms with E-state index in [1.54, 1.807) is 0 Å². The molecular weight excluding hydrogens is 249 g/mol. The molecule has 0 amide bonds. The zero-order valence-corrected chi connectivity index (χ0v) is 9.63. The molecule has 0 spiro atoms. The number of hydrogen-bond donors (Lipinski definition) is 0. The molecule has 18 heavy (non-hydrogen) atoms. The fraction of sp³-hybridized carbons (Fsp3) is 0.417. The van der Waals surface area contributed by atoms with Crippen LogP contribution in [-0.4, -0.2) is 19.0 Å². The summed E-state index contributed by atoms with van der Waals surface area (Å²) in [7, 11) is 0. The number of ketones is 1. The monoisotopic (exact) mass is 260 g/mol. The van der Waals surface area contributed by atoms with E-state index >= 15 is 0 Å². The number of Topliss-reactive ketones (excluding diaryl/α,β-unsaturated/α-hetero) is 1. The summed E-state index contributed by atoms with van der Waals surface area (Å²) in [5.74, 6) is -0.840. The van der Waals surface area contributed by atoms with Crippen LogP contribution in [-0.2, 0) is 6.18 Å². The Labute approximate surface area is 102 Å². The van der Waals surface area contributed by atoms with Crippen molar-refractivity contribution in [3.63, 3.8) is 0 Å². The fourth-order valence-corrected chi connectivity index (χ4v) is 1.76. The third kappa shape index (κ3) is 2.27. The minimum atomic E-state index is -4.53. The molecule has 0 bridgehead atoms. The summed E-state index contributed by atoms with van der Waals surface area (Å²) in [5.41, 5.74) is -0.802. The Balaban J connectivity index is 2.63. The van der Waals surface area contributed by atoms with Gasteiger partial charge in [0.25, 0.3) is 0 Å². The molecule has 0 aliphatic carbocycles. The number of alkyl halides is 3. The average molecular weight is 260 g/mol. The first-order chi connectivity index (χ1) is 8.41. The van der Waals surface area contributed by atoms with Crippen molar-refractivity contribution in [1.82, 2.24) is 0 Å². The number of carbonyl (C=O) groups excluding carboxylic acids is 1. The molecule has 0 saturated heterocycles. The SMILES string of the molecule is CC(=O)c1ccc(C(F)(F)F)c2c1OCCCO2. The molecule has 1 aliphatic heterocycles. The van der Waals surface area contributed by atoms with Crippen molar-refractivity contribution in [3.8, 4) is 11.5 Å². The van der Waals surface area contributed by atoms with Crippen molar-refractivity contribution in [2.24, 2.45) is 0 Å². The number of hydrogen-bond acceptors (Lipinski definition) is 3. The van der Waals surface area contributed by atoms with Gasteiger partial charge in [-0.3, -0.25) is 4.79 Å². The van der Waals surface area contributed by atoms with Gasteiger partial charge in [0.2, 0.25) is 0 Å². The Bertz CT molecular complexity index is 480. The summed E-state index contributed by atoms with van der Waals surface area (Å²) >= 11 is 0. The van der Waals surface area contributed by atoms with E-state index in [1.165, 1.54) is 6.92 Å². The van der Waals surface area contributed by atoms with Crippen molar-refractivity contribution in [2.75, 3.05) is 13.2 Å². The second kappa shape index (κ2) is 4.51. The van der Waals surface area contributed by atoms with Crippen molar-refractivity contribution in [1.29, 1.82) is 0 Å². The van der Waals surface area contributed by atoms with Crippen molar-refractivity contribution in [2.45, 2.75) is 19.5 Å². The molecular formula is C12H11F3O3. The van der Waals surface area contributed by atoms with Crippen LogP contribution in [0.15, 0.2) is 12.1 Å². The van der Waals surface area contributed by atoms with Crippen LogP contribution in [0, 0.1) is 0 Å². The highest BCUT2D eigenvalue weighted by Crippen LogP contribution is 2.44. The van der Waals surface area contributed by atoms with Crippen molar-refractivity contribution < 1.29 is 27.4 Å². The van der Waals surface area contributed by atoms with E-state index in [-0.39, 0.29) is 36.1 Å². The van der Waals surface area contributed by atoms with Gasteiger partial charge in [0.15, 0.2) is 17.3 Å². The lowest BCUT2D eigenvalue weighted by Crippen LogP contribution is -2.10. The summed E-state index contributed by atoms with van der Waals surface area (Å²) in [5, 5.41) is 0. The smallest absolute Gasteiger partial charge is 0.420 e. The van der Waals surface area contributed by atoms with Gasteiger partial charge < -0.3 is 9.47 Å². The number of ether oxygens (including phenoxy) is 2. The highest BCUT2D eigenvalue weighted by Gasteiger charge is 2.37. The van der Waals surface area contributed by atoms with E-state index in [9.17, 15) is 18.0 Å². The minimum Gasteiger partial charge on any atom is -0.489 e.